The fourth-order valence-electron chi connectivity index (χ4n) is 2.91. The third kappa shape index (κ3) is 3.26. The van der Waals surface area contributed by atoms with Crippen LogP contribution in [0.25, 0.3) is 0 Å². The van der Waals surface area contributed by atoms with E-state index in [0.29, 0.717) is 5.82 Å². The normalized spacial score (nSPS) is 12.8. The third-order valence-corrected chi connectivity index (χ3v) is 5.26. The van der Waals surface area contributed by atoms with Crippen LogP contribution in [0.5, 0.6) is 0 Å². The first-order valence-corrected chi connectivity index (χ1v) is 8.95. The molecule has 0 amide bonds. The lowest BCUT2D eigenvalue weighted by Gasteiger charge is -2.19. The lowest BCUT2D eigenvalue weighted by atomic mass is 10.2. The molecule has 0 aromatic heterocycles. The molecule has 126 valence electrons. The molecule has 0 N–H and O–H groups in total. The number of thioether (sulfide) groups is 1. The summed E-state index contributed by atoms with van der Waals surface area (Å²) in [5.74, 6) is 0.723. The molecule has 0 unspecified atom stereocenters. The topological polar surface area (TPSA) is 47.3 Å². The van der Waals surface area contributed by atoms with Gasteiger partial charge in [-0.05, 0) is 31.2 Å². The Morgan fingerprint density at radius 2 is 1.60 bits per heavy atom. The van der Waals surface area contributed by atoms with E-state index in [4.69, 9.17) is 0 Å². The number of carbonyl (C=O) groups excluding carboxylic acids is 1. The Balaban J connectivity index is 1.84. The number of ketones is 1. The molecule has 3 rings (SSSR count). The van der Waals surface area contributed by atoms with Crippen molar-refractivity contribution in [1.29, 1.82) is 5.26 Å². The van der Waals surface area contributed by atoms with Crippen molar-refractivity contribution in [2.75, 3.05) is 29.6 Å². The molecule has 1 heterocycles. The van der Waals surface area contributed by atoms with Gasteiger partial charge in [0.1, 0.15) is 17.5 Å². The van der Waals surface area contributed by atoms with E-state index in [1.807, 2.05) is 79.3 Å². The SMILES string of the molecule is Cc1ccc(SCC(=O)C(C#N)=C2N(C)c3ccccc3N2C)cc1. The molecular formula is C20H19N3OS. The van der Waals surface area contributed by atoms with Crippen molar-refractivity contribution in [1.82, 2.24) is 0 Å². The molecule has 0 aliphatic carbocycles. The van der Waals surface area contributed by atoms with Crippen LogP contribution >= 0.6 is 11.8 Å². The van der Waals surface area contributed by atoms with Gasteiger partial charge in [-0.25, -0.2) is 0 Å². The van der Waals surface area contributed by atoms with E-state index < -0.39 is 0 Å². The van der Waals surface area contributed by atoms with E-state index in [2.05, 4.69) is 6.07 Å². The molecule has 4 nitrogen and oxygen atoms in total. The number of Topliss-reactive ketones (excluding diaryl/α,β-unsaturated/α-hetero) is 1. The number of aryl methyl sites for hydroxylation is 1. The van der Waals surface area contributed by atoms with Crippen LogP contribution in [0.2, 0.25) is 0 Å². The predicted octanol–water partition coefficient (Wildman–Crippen LogP) is 3.98. The van der Waals surface area contributed by atoms with E-state index >= 15 is 0 Å². The molecular weight excluding hydrogens is 330 g/mol. The van der Waals surface area contributed by atoms with Gasteiger partial charge in [-0.1, -0.05) is 29.8 Å². The number of para-hydroxylation sites is 2. The van der Waals surface area contributed by atoms with Gasteiger partial charge in [-0.15, -0.1) is 11.8 Å². The van der Waals surface area contributed by atoms with Gasteiger partial charge in [0.25, 0.3) is 0 Å². The summed E-state index contributed by atoms with van der Waals surface area (Å²) in [6.45, 7) is 2.03. The zero-order valence-electron chi connectivity index (χ0n) is 14.5. The number of hydrogen-bond acceptors (Lipinski definition) is 5. The summed E-state index contributed by atoms with van der Waals surface area (Å²) in [5.41, 5.74) is 3.36. The minimum Gasteiger partial charge on any atom is -0.328 e. The Labute approximate surface area is 152 Å². The second-order valence-electron chi connectivity index (χ2n) is 5.94. The van der Waals surface area contributed by atoms with Crippen molar-refractivity contribution in [2.45, 2.75) is 11.8 Å². The van der Waals surface area contributed by atoms with Gasteiger partial charge >= 0.3 is 0 Å². The number of carbonyl (C=O) groups is 1. The van der Waals surface area contributed by atoms with Crippen LogP contribution in [0, 0.1) is 18.3 Å². The largest absolute Gasteiger partial charge is 0.328 e. The molecule has 0 radical (unpaired) electrons. The quantitative estimate of drug-likeness (QED) is 0.475. The molecule has 0 saturated carbocycles. The highest BCUT2D eigenvalue weighted by molar-refractivity contribution is 8.00. The van der Waals surface area contributed by atoms with Crippen molar-refractivity contribution in [3.05, 3.63) is 65.5 Å². The third-order valence-electron chi connectivity index (χ3n) is 4.25. The van der Waals surface area contributed by atoms with Crippen LogP contribution in [-0.2, 0) is 4.79 Å². The van der Waals surface area contributed by atoms with E-state index in [-0.39, 0.29) is 17.1 Å². The summed E-state index contributed by atoms with van der Waals surface area (Å²) in [5, 5.41) is 9.61. The predicted molar refractivity (Wildman–Crippen MR) is 103 cm³/mol. The van der Waals surface area contributed by atoms with Gasteiger partial charge in [-0.3, -0.25) is 4.79 Å². The summed E-state index contributed by atoms with van der Waals surface area (Å²) >= 11 is 1.45. The van der Waals surface area contributed by atoms with E-state index in [1.54, 1.807) is 0 Å². The standard InChI is InChI=1S/C20H19N3OS/c1-14-8-10-15(11-9-14)25-13-19(24)16(12-21)20-22(2)17-6-4-5-7-18(17)23(20)3/h4-11H,13H2,1-3H3. The van der Waals surface area contributed by atoms with Crippen molar-refractivity contribution in [3.8, 4) is 6.07 Å². The summed E-state index contributed by atoms with van der Waals surface area (Å²) in [6, 6.07) is 18.0. The number of allylic oxidation sites excluding steroid dienone is 1. The highest BCUT2D eigenvalue weighted by Gasteiger charge is 2.31. The molecule has 2 aromatic rings. The second-order valence-corrected chi connectivity index (χ2v) is 6.99. The fraction of sp³-hybridized carbons (Fsp3) is 0.200. The van der Waals surface area contributed by atoms with E-state index in [0.717, 1.165) is 16.3 Å². The van der Waals surface area contributed by atoms with Gasteiger partial charge in [0.2, 0.25) is 0 Å². The molecule has 0 saturated heterocycles. The number of nitrogens with zero attached hydrogens (tertiary/aromatic N) is 3. The minimum atomic E-state index is -0.158. The van der Waals surface area contributed by atoms with E-state index in [1.165, 1.54) is 17.3 Å². The van der Waals surface area contributed by atoms with Crippen LogP contribution in [-0.4, -0.2) is 25.6 Å². The van der Waals surface area contributed by atoms with Crippen molar-refractivity contribution in [2.24, 2.45) is 0 Å². The smallest absolute Gasteiger partial charge is 0.187 e. The number of benzene rings is 2. The molecule has 1 aliphatic rings. The summed E-state index contributed by atoms with van der Waals surface area (Å²) in [7, 11) is 3.77. The Bertz CT molecular complexity index is 850. The minimum absolute atomic E-state index is 0.158. The van der Waals surface area contributed by atoms with Crippen LogP contribution < -0.4 is 9.80 Å². The molecule has 25 heavy (non-hydrogen) atoms. The Kier molecular flexibility index (Phi) is 4.82. The van der Waals surface area contributed by atoms with Gasteiger partial charge in [0.15, 0.2) is 5.78 Å². The maximum atomic E-state index is 12.7. The zero-order chi connectivity index (χ0) is 18.0. The molecule has 0 spiro atoms. The van der Waals surface area contributed by atoms with Gasteiger partial charge < -0.3 is 9.80 Å². The number of rotatable bonds is 4. The number of nitriles is 1. The molecule has 0 atom stereocenters. The average Bonchev–Trinajstić information content (AvgIpc) is 2.87. The Morgan fingerprint density at radius 3 is 2.12 bits per heavy atom. The first kappa shape index (κ1) is 17.1. The van der Waals surface area contributed by atoms with Crippen LogP contribution in [0.1, 0.15) is 5.56 Å². The van der Waals surface area contributed by atoms with Crippen LogP contribution in [0.3, 0.4) is 0 Å². The highest BCUT2D eigenvalue weighted by Crippen LogP contribution is 2.40. The molecule has 0 fully saturated rings. The summed E-state index contributed by atoms with van der Waals surface area (Å²) in [6.07, 6.45) is 0. The van der Waals surface area contributed by atoms with Crippen LogP contribution in [0.4, 0.5) is 11.4 Å². The van der Waals surface area contributed by atoms with Crippen molar-refractivity contribution in [3.63, 3.8) is 0 Å². The number of anilines is 2. The van der Waals surface area contributed by atoms with Gasteiger partial charge in [0.05, 0.1) is 17.1 Å². The summed E-state index contributed by atoms with van der Waals surface area (Å²) < 4.78 is 0. The number of fused-ring (bicyclic) bond motifs is 1. The molecule has 1 aliphatic heterocycles. The Morgan fingerprint density at radius 1 is 1.04 bits per heavy atom. The van der Waals surface area contributed by atoms with Gasteiger partial charge in [-0.2, -0.15) is 5.26 Å². The lowest BCUT2D eigenvalue weighted by Crippen LogP contribution is -2.26. The zero-order valence-corrected chi connectivity index (χ0v) is 15.3. The lowest BCUT2D eigenvalue weighted by molar-refractivity contribution is -0.112. The monoisotopic (exact) mass is 349 g/mol. The first-order chi connectivity index (χ1) is 12.0. The maximum Gasteiger partial charge on any atom is 0.187 e. The maximum absolute atomic E-state index is 12.7. The van der Waals surface area contributed by atoms with Crippen molar-refractivity contribution < 1.29 is 4.79 Å². The highest BCUT2D eigenvalue weighted by atomic mass is 32.2. The first-order valence-electron chi connectivity index (χ1n) is 7.96. The summed E-state index contributed by atoms with van der Waals surface area (Å²) in [4.78, 5) is 17.5. The average molecular weight is 349 g/mol. The molecule has 0 bridgehead atoms. The second kappa shape index (κ2) is 7.04. The van der Waals surface area contributed by atoms with Gasteiger partial charge in [0, 0.05) is 19.0 Å². The van der Waals surface area contributed by atoms with Crippen LogP contribution in [0.15, 0.2) is 64.8 Å². The molecule has 2 aromatic carbocycles. The fourth-order valence-corrected chi connectivity index (χ4v) is 3.68. The Hall–Kier alpha value is -2.71. The number of hydrogen-bond donors (Lipinski definition) is 0. The van der Waals surface area contributed by atoms with E-state index in [9.17, 15) is 10.1 Å². The van der Waals surface area contributed by atoms with Crippen molar-refractivity contribution >= 4 is 28.9 Å². The molecule has 5 heteroatoms.